The van der Waals surface area contributed by atoms with Gasteiger partial charge in [0, 0.05) is 22.9 Å². The van der Waals surface area contributed by atoms with Gasteiger partial charge in [-0.3, -0.25) is 14.4 Å². The Morgan fingerprint density at radius 2 is 1.65 bits per heavy atom. The topological polar surface area (TPSA) is 66.5 Å². The lowest BCUT2D eigenvalue weighted by atomic mass is 10.2. The highest BCUT2D eigenvalue weighted by Crippen LogP contribution is 2.36. The molecule has 2 aromatic carbocycles. The van der Waals surface area contributed by atoms with Crippen LogP contribution in [0.3, 0.4) is 0 Å². The summed E-state index contributed by atoms with van der Waals surface area (Å²) in [5.41, 5.74) is 0.778. The number of hydrogen-bond acceptors (Lipinski definition) is 4. The van der Waals surface area contributed by atoms with Crippen LogP contribution >= 0.6 is 22.9 Å². The number of thiophene rings is 1. The van der Waals surface area contributed by atoms with Crippen LogP contribution in [0.1, 0.15) is 22.5 Å². The van der Waals surface area contributed by atoms with Gasteiger partial charge >= 0.3 is 0 Å². The van der Waals surface area contributed by atoms with Crippen LogP contribution in [-0.2, 0) is 9.59 Å². The number of nitrogens with zero attached hydrogens (tertiary/aromatic N) is 1. The van der Waals surface area contributed by atoms with E-state index in [9.17, 15) is 14.4 Å². The number of fused-ring (bicyclic) bond motifs is 1. The maximum atomic E-state index is 12.8. The second kappa shape index (κ2) is 6.55. The highest BCUT2D eigenvalue weighted by Gasteiger charge is 2.32. The minimum Gasteiger partial charge on any atom is -0.319 e. The predicted molar refractivity (Wildman–Crippen MR) is 103 cm³/mol. The zero-order chi connectivity index (χ0) is 18.3. The van der Waals surface area contributed by atoms with Crippen molar-refractivity contribution in [3.63, 3.8) is 0 Å². The number of amides is 3. The third-order valence-electron chi connectivity index (χ3n) is 4.19. The van der Waals surface area contributed by atoms with Crippen molar-refractivity contribution in [3.8, 4) is 0 Å². The average molecular weight is 385 g/mol. The predicted octanol–water partition coefficient (Wildman–Crippen LogP) is 4.46. The molecule has 7 heteroatoms. The van der Waals surface area contributed by atoms with E-state index in [-0.39, 0.29) is 30.6 Å². The second-order valence-corrected chi connectivity index (χ2v) is 7.27. The molecule has 1 saturated heterocycles. The molecule has 1 aliphatic rings. The van der Waals surface area contributed by atoms with E-state index in [1.54, 1.807) is 24.3 Å². The van der Waals surface area contributed by atoms with Crippen molar-refractivity contribution in [2.75, 3.05) is 10.2 Å². The molecular weight excluding hydrogens is 372 g/mol. The minimum absolute atomic E-state index is 0.184. The van der Waals surface area contributed by atoms with Gasteiger partial charge in [-0.25, -0.2) is 4.90 Å². The number of para-hydroxylation sites is 2. The van der Waals surface area contributed by atoms with Crippen LogP contribution in [0.25, 0.3) is 10.1 Å². The van der Waals surface area contributed by atoms with Crippen LogP contribution in [0.15, 0.2) is 48.5 Å². The first-order valence-corrected chi connectivity index (χ1v) is 9.19. The summed E-state index contributed by atoms with van der Waals surface area (Å²) in [6.07, 6.45) is 0.368. The van der Waals surface area contributed by atoms with Crippen molar-refractivity contribution in [1.82, 2.24) is 0 Å². The Labute approximate surface area is 158 Å². The number of carbonyl (C=O) groups excluding carboxylic acids is 3. The Kier molecular flexibility index (Phi) is 4.22. The number of anilines is 2. The molecule has 0 saturated carbocycles. The molecule has 1 N–H and O–H groups in total. The van der Waals surface area contributed by atoms with Crippen molar-refractivity contribution in [2.24, 2.45) is 0 Å². The van der Waals surface area contributed by atoms with Gasteiger partial charge in [-0.05, 0) is 18.2 Å². The van der Waals surface area contributed by atoms with Gasteiger partial charge in [0.15, 0.2) is 0 Å². The minimum atomic E-state index is -0.372. The highest BCUT2D eigenvalue weighted by atomic mass is 35.5. The van der Waals surface area contributed by atoms with Gasteiger partial charge < -0.3 is 5.32 Å². The molecule has 0 atom stereocenters. The van der Waals surface area contributed by atoms with E-state index < -0.39 is 0 Å². The van der Waals surface area contributed by atoms with Gasteiger partial charge in [-0.15, -0.1) is 11.3 Å². The monoisotopic (exact) mass is 384 g/mol. The van der Waals surface area contributed by atoms with E-state index in [4.69, 9.17) is 11.6 Å². The van der Waals surface area contributed by atoms with Crippen LogP contribution in [0.2, 0.25) is 5.02 Å². The molecule has 0 radical (unpaired) electrons. The number of imide groups is 1. The highest BCUT2D eigenvalue weighted by molar-refractivity contribution is 7.21. The van der Waals surface area contributed by atoms with Gasteiger partial charge in [-0.2, -0.15) is 0 Å². The summed E-state index contributed by atoms with van der Waals surface area (Å²) < 4.78 is 0.917. The van der Waals surface area contributed by atoms with E-state index in [2.05, 4.69) is 5.32 Å². The molecule has 0 aliphatic carbocycles. The fourth-order valence-electron chi connectivity index (χ4n) is 2.96. The summed E-state index contributed by atoms with van der Waals surface area (Å²) in [6, 6.07) is 14.3. The molecule has 130 valence electrons. The summed E-state index contributed by atoms with van der Waals surface area (Å²) in [4.78, 5) is 38.4. The molecule has 0 spiro atoms. The number of halogens is 1. The molecule has 4 rings (SSSR count). The van der Waals surface area contributed by atoms with Crippen molar-refractivity contribution < 1.29 is 14.4 Å². The van der Waals surface area contributed by atoms with E-state index in [0.717, 1.165) is 15.0 Å². The van der Waals surface area contributed by atoms with E-state index in [0.29, 0.717) is 21.3 Å². The maximum Gasteiger partial charge on any atom is 0.267 e. The Bertz CT molecular complexity index is 1040. The summed E-state index contributed by atoms with van der Waals surface area (Å²) in [6.45, 7) is 0. The third-order valence-corrected chi connectivity index (χ3v) is 5.86. The van der Waals surface area contributed by atoms with Crippen LogP contribution in [0.5, 0.6) is 0 Å². The molecule has 26 heavy (non-hydrogen) atoms. The molecule has 1 aliphatic heterocycles. The molecule has 5 nitrogen and oxygen atoms in total. The molecule has 3 aromatic rings. The van der Waals surface area contributed by atoms with Crippen LogP contribution in [-0.4, -0.2) is 17.7 Å². The normalized spacial score (nSPS) is 14.3. The Morgan fingerprint density at radius 1 is 1.00 bits per heavy atom. The first-order chi connectivity index (χ1) is 12.6. The third kappa shape index (κ3) is 2.77. The van der Waals surface area contributed by atoms with Crippen molar-refractivity contribution in [1.29, 1.82) is 0 Å². The summed E-state index contributed by atoms with van der Waals surface area (Å²) in [5.74, 6) is -0.907. The Balaban J connectivity index is 1.69. The van der Waals surface area contributed by atoms with Crippen LogP contribution < -0.4 is 10.2 Å². The summed E-state index contributed by atoms with van der Waals surface area (Å²) >= 11 is 7.66. The number of rotatable bonds is 3. The SMILES string of the molecule is O=C(Nc1ccccc1N1C(=O)CCC1=O)c1sc2ccccc2c1Cl. The molecular formula is C19H13ClN2O3S. The van der Waals surface area contributed by atoms with Gasteiger partial charge in [0.25, 0.3) is 5.91 Å². The lowest BCUT2D eigenvalue weighted by Gasteiger charge is -2.18. The maximum absolute atomic E-state index is 12.8. The van der Waals surface area contributed by atoms with Gasteiger partial charge in [0.2, 0.25) is 11.8 Å². The lowest BCUT2D eigenvalue weighted by molar-refractivity contribution is -0.121. The van der Waals surface area contributed by atoms with E-state index in [1.165, 1.54) is 11.3 Å². The van der Waals surface area contributed by atoms with Gasteiger partial charge in [0.1, 0.15) is 4.88 Å². The standard InChI is InChI=1S/C19H13ClN2O3S/c20-17-11-5-1-4-8-14(11)26-18(17)19(25)21-12-6-2-3-7-13(12)22-15(23)9-10-16(22)24/h1-8H,9-10H2,(H,21,25). The Hall–Kier alpha value is -2.70. The van der Waals surface area contributed by atoms with Crippen LogP contribution in [0, 0.1) is 0 Å². The first kappa shape index (κ1) is 16.8. The number of benzene rings is 2. The smallest absolute Gasteiger partial charge is 0.267 e. The first-order valence-electron chi connectivity index (χ1n) is 7.99. The van der Waals surface area contributed by atoms with E-state index in [1.807, 2.05) is 24.3 Å². The van der Waals surface area contributed by atoms with Crippen molar-refractivity contribution in [2.45, 2.75) is 12.8 Å². The zero-order valence-corrected chi connectivity index (χ0v) is 15.1. The summed E-state index contributed by atoms with van der Waals surface area (Å²) in [5, 5.41) is 4.01. The Morgan fingerprint density at radius 3 is 2.38 bits per heavy atom. The average Bonchev–Trinajstić information content (AvgIpc) is 3.16. The second-order valence-electron chi connectivity index (χ2n) is 5.84. The molecule has 0 unspecified atom stereocenters. The van der Waals surface area contributed by atoms with Gasteiger partial charge in [0.05, 0.1) is 16.4 Å². The number of hydrogen-bond donors (Lipinski definition) is 1. The molecule has 1 aromatic heterocycles. The quantitative estimate of drug-likeness (QED) is 0.678. The van der Waals surface area contributed by atoms with E-state index >= 15 is 0 Å². The number of carbonyl (C=O) groups is 3. The number of nitrogens with one attached hydrogen (secondary N) is 1. The fraction of sp³-hybridized carbons (Fsp3) is 0.105. The zero-order valence-electron chi connectivity index (χ0n) is 13.5. The largest absolute Gasteiger partial charge is 0.319 e. The van der Waals surface area contributed by atoms with Crippen LogP contribution in [0.4, 0.5) is 11.4 Å². The molecule has 0 bridgehead atoms. The molecule has 1 fully saturated rings. The van der Waals surface area contributed by atoms with Gasteiger partial charge in [-0.1, -0.05) is 41.9 Å². The lowest BCUT2D eigenvalue weighted by Crippen LogP contribution is -2.29. The summed E-state index contributed by atoms with van der Waals surface area (Å²) in [7, 11) is 0. The van der Waals surface area contributed by atoms with Crippen molar-refractivity contribution >= 4 is 62.1 Å². The molecule has 2 heterocycles. The fourth-order valence-corrected chi connectivity index (χ4v) is 4.37. The molecule has 3 amide bonds. The van der Waals surface area contributed by atoms with Crippen molar-refractivity contribution in [3.05, 3.63) is 58.4 Å².